The molecule has 1 unspecified atom stereocenters. The van der Waals surface area contributed by atoms with Crippen molar-refractivity contribution in [2.45, 2.75) is 51.6 Å². The van der Waals surface area contributed by atoms with Gasteiger partial charge in [0.1, 0.15) is 17.9 Å². The van der Waals surface area contributed by atoms with Crippen LogP contribution in [0.5, 0.6) is 0 Å². The summed E-state index contributed by atoms with van der Waals surface area (Å²) < 4.78 is 1.82. The van der Waals surface area contributed by atoms with Crippen LogP contribution in [0.1, 0.15) is 44.9 Å². The van der Waals surface area contributed by atoms with Crippen LogP contribution in [0.3, 0.4) is 0 Å². The Morgan fingerprint density at radius 3 is 2.94 bits per heavy atom. The van der Waals surface area contributed by atoms with Gasteiger partial charge in [-0.25, -0.2) is 4.98 Å². The summed E-state index contributed by atoms with van der Waals surface area (Å²) in [5, 5.41) is 4.10. The van der Waals surface area contributed by atoms with E-state index in [1.165, 1.54) is 19.3 Å². The molecule has 0 bridgehead atoms. The summed E-state index contributed by atoms with van der Waals surface area (Å²) in [6.07, 6.45) is 7.09. The molecule has 0 aromatic carbocycles. The molecular weight excluding hydrogens is 228 g/mol. The number of aromatic nitrogens is 3. The van der Waals surface area contributed by atoms with Gasteiger partial charge in [-0.05, 0) is 26.3 Å². The molecule has 1 aliphatic heterocycles. The maximum atomic E-state index is 11.4. The van der Waals surface area contributed by atoms with Crippen LogP contribution in [0.2, 0.25) is 0 Å². The summed E-state index contributed by atoms with van der Waals surface area (Å²) in [5.41, 5.74) is 0. The van der Waals surface area contributed by atoms with Crippen LogP contribution >= 0.6 is 0 Å². The zero-order valence-electron chi connectivity index (χ0n) is 11.3. The van der Waals surface area contributed by atoms with E-state index in [-0.39, 0.29) is 5.78 Å². The highest BCUT2D eigenvalue weighted by Gasteiger charge is 2.23. The molecule has 1 saturated heterocycles. The molecule has 1 atom stereocenters. The monoisotopic (exact) mass is 250 g/mol. The minimum atomic E-state index is 0.282. The normalized spacial score (nSPS) is 21.8. The second-order valence-corrected chi connectivity index (χ2v) is 5.18. The Labute approximate surface area is 108 Å². The van der Waals surface area contributed by atoms with Crippen LogP contribution in [0, 0.1) is 0 Å². The number of hydrogen-bond donors (Lipinski definition) is 0. The van der Waals surface area contributed by atoms with Gasteiger partial charge in [-0.3, -0.25) is 14.4 Å². The van der Waals surface area contributed by atoms with Gasteiger partial charge in [0, 0.05) is 19.5 Å². The molecule has 5 heteroatoms. The number of carbonyl (C=O) groups is 1. The van der Waals surface area contributed by atoms with Crippen molar-refractivity contribution in [1.29, 1.82) is 0 Å². The first-order valence-corrected chi connectivity index (χ1v) is 6.73. The Bertz CT molecular complexity index is 401. The van der Waals surface area contributed by atoms with Gasteiger partial charge in [-0.1, -0.05) is 12.8 Å². The molecular formula is C13H22N4O. The van der Waals surface area contributed by atoms with Crippen molar-refractivity contribution in [1.82, 2.24) is 19.7 Å². The summed E-state index contributed by atoms with van der Waals surface area (Å²) in [7, 11) is 1.92. The Morgan fingerprint density at radius 2 is 2.28 bits per heavy atom. The molecule has 5 nitrogen and oxygen atoms in total. The lowest BCUT2D eigenvalue weighted by Gasteiger charge is -2.28. The summed E-state index contributed by atoms with van der Waals surface area (Å²) in [6.45, 7) is 3.55. The van der Waals surface area contributed by atoms with Gasteiger partial charge < -0.3 is 0 Å². The second kappa shape index (κ2) is 6.09. The smallest absolute Gasteiger partial charge is 0.140 e. The maximum absolute atomic E-state index is 11.4. The number of aryl methyl sites for hydroxylation is 1. The molecule has 0 amide bonds. The number of ketones is 1. The third-order valence-corrected chi connectivity index (χ3v) is 3.67. The molecule has 0 N–H and O–H groups in total. The minimum absolute atomic E-state index is 0.282. The van der Waals surface area contributed by atoms with Crippen LogP contribution < -0.4 is 0 Å². The molecule has 0 radical (unpaired) electrons. The van der Waals surface area contributed by atoms with E-state index >= 15 is 0 Å². The van der Waals surface area contributed by atoms with E-state index < -0.39 is 0 Å². The highest BCUT2D eigenvalue weighted by Crippen LogP contribution is 2.21. The van der Waals surface area contributed by atoms with Gasteiger partial charge in [-0.2, -0.15) is 5.10 Å². The van der Waals surface area contributed by atoms with Crippen molar-refractivity contribution < 1.29 is 4.79 Å². The topological polar surface area (TPSA) is 51.0 Å². The summed E-state index contributed by atoms with van der Waals surface area (Å²) in [5.74, 6) is 1.26. The first-order chi connectivity index (χ1) is 8.66. The SMILES string of the molecule is CC(=O)CC1CCCCCN1Cc1ncnn1C. The van der Waals surface area contributed by atoms with Crippen LogP contribution in [0.4, 0.5) is 0 Å². The predicted octanol–water partition coefficient (Wildman–Crippen LogP) is 1.54. The minimum Gasteiger partial charge on any atom is -0.300 e. The lowest BCUT2D eigenvalue weighted by atomic mass is 10.0. The molecule has 0 spiro atoms. The van der Waals surface area contributed by atoms with E-state index in [1.807, 2.05) is 11.7 Å². The molecule has 0 saturated carbocycles. The first kappa shape index (κ1) is 13.2. The number of nitrogens with zero attached hydrogens (tertiary/aromatic N) is 4. The first-order valence-electron chi connectivity index (χ1n) is 6.73. The highest BCUT2D eigenvalue weighted by atomic mass is 16.1. The van der Waals surface area contributed by atoms with Gasteiger partial charge in [0.05, 0.1) is 6.54 Å². The molecule has 2 rings (SSSR count). The molecule has 1 fully saturated rings. The number of likely N-dealkylation sites (tertiary alicyclic amines) is 1. The van der Waals surface area contributed by atoms with E-state index in [2.05, 4.69) is 15.0 Å². The van der Waals surface area contributed by atoms with Gasteiger partial charge in [0.15, 0.2) is 0 Å². The van der Waals surface area contributed by atoms with E-state index in [0.717, 1.165) is 25.3 Å². The molecule has 0 aliphatic carbocycles. The van der Waals surface area contributed by atoms with Crippen LogP contribution in [-0.4, -0.2) is 38.0 Å². The Kier molecular flexibility index (Phi) is 4.47. The van der Waals surface area contributed by atoms with Crippen molar-refractivity contribution in [3.8, 4) is 0 Å². The van der Waals surface area contributed by atoms with Gasteiger partial charge in [0.25, 0.3) is 0 Å². The van der Waals surface area contributed by atoms with E-state index in [0.29, 0.717) is 12.5 Å². The number of Topliss-reactive ketones (excluding diaryl/α,β-unsaturated/α-hetero) is 1. The number of carbonyl (C=O) groups excluding carboxylic acids is 1. The average Bonchev–Trinajstić information content (AvgIpc) is 2.58. The standard InChI is InChI=1S/C13H22N4O/c1-11(18)8-12-6-4-3-5-7-17(12)9-13-14-10-15-16(13)2/h10,12H,3-9H2,1-2H3. The Hall–Kier alpha value is -1.23. The van der Waals surface area contributed by atoms with Crippen molar-refractivity contribution in [3.05, 3.63) is 12.2 Å². The van der Waals surface area contributed by atoms with Gasteiger partial charge in [0.2, 0.25) is 0 Å². The summed E-state index contributed by atoms with van der Waals surface area (Å²) in [6, 6.07) is 0.377. The average molecular weight is 250 g/mol. The fourth-order valence-corrected chi connectivity index (χ4v) is 2.65. The highest BCUT2D eigenvalue weighted by molar-refractivity contribution is 5.76. The zero-order chi connectivity index (χ0) is 13.0. The van der Waals surface area contributed by atoms with Gasteiger partial charge in [-0.15, -0.1) is 0 Å². The molecule has 1 aliphatic rings. The van der Waals surface area contributed by atoms with Crippen molar-refractivity contribution >= 4 is 5.78 Å². The fraction of sp³-hybridized carbons (Fsp3) is 0.769. The molecule has 1 aromatic heterocycles. The maximum Gasteiger partial charge on any atom is 0.140 e. The van der Waals surface area contributed by atoms with E-state index in [9.17, 15) is 4.79 Å². The van der Waals surface area contributed by atoms with Crippen molar-refractivity contribution in [2.75, 3.05) is 6.54 Å². The van der Waals surface area contributed by atoms with Gasteiger partial charge >= 0.3 is 0 Å². The van der Waals surface area contributed by atoms with Crippen LogP contribution in [0.25, 0.3) is 0 Å². The lowest BCUT2D eigenvalue weighted by Crippen LogP contribution is -2.36. The predicted molar refractivity (Wildman–Crippen MR) is 69.0 cm³/mol. The quantitative estimate of drug-likeness (QED) is 0.813. The number of hydrogen-bond acceptors (Lipinski definition) is 4. The molecule has 1 aromatic rings. The lowest BCUT2D eigenvalue weighted by molar-refractivity contribution is -0.118. The molecule has 2 heterocycles. The molecule has 18 heavy (non-hydrogen) atoms. The third-order valence-electron chi connectivity index (χ3n) is 3.67. The Morgan fingerprint density at radius 1 is 1.44 bits per heavy atom. The largest absolute Gasteiger partial charge is 0.300 e. The van der Waals surface area contributed by atoms with E-state index in [1.54, 1.807) is 13.3 Å². The Balaban J connectivity index is 2.05. The van der Waals surface area contributed by atoms with Crippen molar-refractivity contribution in [3.63, 3.8) is 0 Å². The number of rotatable bonds is 4. The third kappa shape index (κ3) is 3.38. The van der Waals surface area contributed by atoms with Crippen LogP contribution in [0.15, 0.2) is 6.33 Å². The summed E-state index contributed by atoms with van der Waals surface area (Å²) in [4.78, 5) is 18.1. The van der Waals surface area contributed by atoms with Crippen molar-refractivity contribution in [2.24, 2.45) is 7.05 Å². The zero-order valence-corrected chi connectivity index (χ0v) is 11.3. The second-order valence-electron chi connectivity index (χ2n) is 5.18. The molecule has 100 valence electrons. The van der Waals surface area contributed by atoms with E-state index in [4.69, 9.17) is 0 Å². The fourth-order valence-electron chi connectivity index (χ4n) is 2.65. The van der Waals surface area contributed by atoms with Crippen LogP contribution in [-0.2, 0) is 18.4 Å². The summed E-state index contributed by atoms with van der Waals surface area (Å²) >= 11 is 0.